The molecule has 0 fully saturated rings. The van der Waals surface area contributed by atoms with Gasteiger partial charge in [-0.25, -0.2) is 0 Å². The van der Waals surface area contributed by atoms with Gasteiger partial charge in [0, 0.05) is 18.7 Å². The van der Waals surface area contributed by atoms with Crippen molar-refractivity contribution >= 4 is 11.8 Å². The van der Waals surface area contributed by atoms with Crippen molar-refractivity contribution in [2.75, 3.05) is 20.2 Å². The largest absolute Gasteiger partial charge is 0.497 e. The van der Waals surface area contributed by atoms with E-state index in [1.54, 1.807) is 31.4 Å². The number of benzene rings is 1. The molecule has 0 aliphatic carbocycles. The number of rotatable bonds is 8. The average Bonchev–Trinajstić information content (AvgIpc) is 2.56. The Balaban J connectivity index is 2.31. The third-order valence-corrected chi connectivity index (χ3v) is 3.62. The van der Waals surface area contributed by atoms with E-state index in [0.29, 0.717) is 24.4 Å². The van der Waals surface area contributed by atoms with Gasteiger partial charge in [-0.1, -0.05) is 20.3 Å². The van der Waals surface area contributed by atoms with Gasteiger partial charge in [0.15, 0.2) is 0 Å². The molecule has 0 heterocycles. The molecular formula is C16H25N3O3. The number of amides is 2. The van der Waals surface area contributed by atoms with Crippen LogP contribution in [0.3, 0.4) is 0 Å². The molecule has 1 aromatic carbocycles. The summed E-state index contributed by atoms with van der Waals surface area (Å²) in [7, 11) is 1.57. The molecule has 0 saturated heterocycles. The van der Waals surface area contributed by atoms with Crippen LogP contribution in [0.4, 0.5) is 0 Å². The van der Waals surface area contributed by atoms with Crippen LogP contribution in [-0.2, 0) is 4.79 Å². The van der Waals surface area contributed by atoms with Crippen molar-refractivity contribution in [1.82, 2.24) is 10.6 Å². The van der Waals surface area contributed by atoms with Gasteiger partial charge in [-0.05, 0) is 30.2 Å². The van der Waals surface area contributed by atoms with Crippen molar-refractivity contribution in [2.24, 2.45) is 11.7 Å². The molecule has 1 rings (SSSR count). The molecule has 1 aromatic rings. The first kappa shape index (κ1) is 18.0. The molecule has 0 aliphatic rings. The van der Waals surface area contributed by atoms with Crippen LogP contribution in [0.15, 0.2) is 24.3 Å². The van der Waals surface area contributed by atoms with Crippen molar-refractivity contribution in [3.63, 3.8) is 0 Å². The molecule has 22 heavy (non-hydrogen) atoms. The predicted molar refractivity (Wildman–Crippen MR) is 85.8 cm³/mol. The lowest BCUT2D eigenvalue weighted by Gasteiger charge is -2.17. The highest BCUT2D eigenvalue weighted by atomic mass is 16.5. The van der Waals surface area contributed by atoms with Gasteiger partial charge in [0.05, 0.1) is 13.2 Å². The van der Waals surface area contributed by atoms with E-state index in [1.165, 1.54) is 0 Å². The summed E-state index contributed by atoms with van der Waals surface area (Å²) >= 11 is 0. The SMILES string of the molecule is CCC(C)C(N)C(=O)NCCNC(=O)c1ccc(OC)cc1. The second-order valence-electron chi connectivity index (χ2n) is 5.19. The Hall–Kier alpha value is -2.08. The van der Waals surface area contributed by atoms with Gasteiger partial charge in [0.2, 0.25) is 5.91 Å². The van der Waals surface area contributed by atoms with E-state index < -0.39 is 6.04 Å². The summed E-state index contributed by atoms with van der Waals surface area (Å²) in [6, 6.07) is 6.31. The van der Waals surface area contributed by atoms with Crippen LogP contribution < -0.4 is 21.1 Å². The zero-order valence-corrected chi connectivity index (χ0v) is 13.4. The van der Waals surface area contributed by atoms with Crippen LogP contribution in [0.1, 0.15) is 30.6 Å². The van der Waals surface area contributed by atoms with Crippen molar-refractivity contribution in [3.8, 4) is 5.75 Å². The summed E-state index contributed by atoms with van der Waals surface area (Å²) in [5.74, 6) is 0.452. The molecule has 0 aromatic heterocycles. The van der Waals surface area contributed by atoms with Crippen molar-refractivity contribution in [3.05, 3.63) is 29.8 Å². The minimum Gasteiger partial charge on any atom is -0.497 e. The molecule has 4 N–H and O–H groups in total. The highest BCUT2D eigenvalue weighted by Crippen LogP contribution is 2.10. The number of hydrogen-bond acceptors (Lipinski definition) is 4. The Labute approximate surface area is 131 Å². The molecule has 2 atom stereocenters. The quantitative estimate of drug-likeness (QED) is 0.622. The first-order valence-electron chi connectivity index (χ1n) is 7.45. The van der Waals surface area contributed by atoms with Crippen molar-refractivity contribution in [2.45, 2.75) is 26.3 Å². The van der Waals surface area contributed by atoms with E-state index in [9.17, 15) is 9.59 Å². The van der Waals surface area contributed by atoms with Crippen LogP contribution in [0.2, 0.25) is 0 Å². The van der Waals surface area contributed by atoms with Crippen LogP contribution in [-0.4, -0.2) is 38.1 Å². The molecule has 2 amide bonds. The predicted octanol–water partition coefficient (Wildman–Crippen LogP) is 0.915. The summed E-state index contributed by atoms with van der Waals surface area (Å²) in [6.07, 6.45) is 0.850. The van der Waals surface area contributed by atoms with Gasteiger partial charge in [0.1, 0.15) is 5.75 Å². The molecule has 122 valence electrons. The number of carbonyl (C=O) groups is 2. The third kappa shape index (κ3) is 5.37. The monoisotopic (exact) mass is 307 g/mol. The fourth-order valence-corrected chi connectivity index (χ4v) is 1.84. The number of ether oxygens (including phenoxy) is 1. The van der Waals surface area contributed by atoms with Crippen molar-refractivity contribution in [1.29, 1.82) is 0 Å². The van der Waals surface area contributed by atoms with Crippen LogP contribution in [0, 0.1) is 5.92 Å². The summed E-state index contributed by atoms with van der Waals surface area (Å²) in [5.41, 5.74) is 6.37. The first-order chi connectivity index (χ1) is 10.5. The molecule has 0 aliphatic heterocycles. The standard InChI is InChI=1S/C16H25N3O3/c1-4-11(2)14(17)16(21)19-10-9-18-15(20)12-5-7-13(22-3)8-6-12/h5-8,11,14H,4,9-10,17H2,1-3H3,(H,18,20)(H,19,21). The van der Waals surface area contributed by atoms with Crippen LogP contribution >= 0.6 is 0 Å². The minimum atomic E-state index is -0.512. The maximum atomic E-state index is 11.9. The smallest absolute Gasteiger partial charge is 0.251 e. The van der Waals surface area contributed by atoms with Crippen molar-refractivity contribution < 1.29 is 14.3 Å². The highest BCUT2D eigenvalue weighted by Gasteiger charge is 2.18. The molecule has 0 spiro atoms. The van der Waals surface area contributed by atoms with E-state index >= 15 is 0 Å². The maximum absolute atomic E-state index is 11.9. The Bertz CT molecular complexity index is 488. The fraction of sp³-hybridized carbons (Fsp3) is 0.500. The maximum Gasteiger partial charge on any atom is 0.251 e. The number of nitrogens with two attached hydrogens (primary N) is 1. The Morgan fingerprint density at radius 3 is 2.32 bits per heavy atom. The van der Waals surface area contributed by atoms with Crippen LogP contribution in [0.25, 0.3) is 0 Å². The molecule has 2 unspecified atom stereocenters. The van der Waals surface area contributed by atoms with Gasteiger partial charge >= 0.3 is 0 Å². The zero-order valence-electron chi connectivity index (χ0n) is 13.4. The number of carbonyl (C=O) groups excluding carboxylic acids is 2. The molecule has 6 heteroatoms. The Morgan fingerprint density at radius 2 is 1.77 bits per heavy atom. The lowest BCUT2D eigenvalue weighted by atomic mass is 9.99. The highest BCUT2D eigenvalue weighted by molar-refractivity contribution is 5.94. The molecule has 0 bridgehead atoms. The first-order valence-corrected chi connectivity index (χ1v) is 7.45. The zero-order chi connectivity index (χ0) is 16.5. The number of hydrogen-bond donors (Lipinski definition) is 3. The summed E-state index contributed by atoms with van der Waals surface area (Å²) in [4.78, 5) is 23.7. The number of nitrogens with one attached hydrogen (secondary N) is 2. The van der Waals surface area contributed by atoms with E-state index in [4.69, 9.17) is 10.5 Å². The second kappa shape index (κ2) is 9.04. The van der Waals surface area contributed by atoms with Gasteiger partial charge in [-0.3, -0.25) is 9.59 Å². The lowest BCUT2D eigenvalue weighted by Crippen LogP contribution is -2.46. The summed E-state index contributed by atoms with van der Waals surface area (Å²) in [6.45, 7) is 4.64. The van der Waals surface area contributed by atoms with Gasteiger partial charge in [0.25, 0.3) is 5.91 Å². The molecule has 0 radical (unpaired) electrons. The Kier molecular flexibility index (Phi) is 7.39. The van der Waals surface area contributed by atoms with E-state index in [2.05, 4.69) is 10.6 Å². The normalized spacial score (nSPS) is 13.1. The van der Waals surface area contributed by atoms with E-state index in [0.717, 1.165) is 6.42 Å². The molecular weight excluding hydrogens is 282 g/mol. The molecule has 6 nitrogen and oxygen atoms in total. The topological polar surface area (TPSA) is 93.5 Å². The van der Waals surface area contributed by atoms with E-state index in [-0.39, 0.29) is 17.7 Å². The van der Waals surface area contributed by atoms with Gasteiger partial charge in [-0.15, -0.1) is 0 Å². The summed E-state index contributed by atoms with van der Waals surface area (Å²) in [5, 5.41) is 5.46. The van der Waals surface area contributed by atoms with Gasteiger partial charge < -0.3 is 21.1 Å². The van der Waals surface area contributed by atoms with E-state index in [1.807, 2.05) is 13.8 Å². The Morgan fingerprint density at radius 1 is 1.18 bits per heavy atom. The van der Waals surface area contributed by atoms with Crippen LogP contribution in [0.5, 0.6) is 5.75 Å². The molecule has 0 saturated carbocycles. The average molecular weight is 307 g/mol. The fourth-order valence-electron chi connectivity index (χ4n) is 1.84. The third-order valence-electron chi connectivity index (χ3n) is 3.62. The second-order valence-corrected chi connectivity index (χ2v) is 5.19. The van der Waals surface area contributed by atoms with Gasteiger partial charge in [-0.2, -0.15) is 0 Å². The summed E-state index contributed by atoms with van der Waals surface area (Å²) < 4.78 is 5.03. The minimum absolute atomic E-state index is 0.133. The lowest BCUT2D eigenvalue weighted by molar-refractivity contribution is -0.123. The number of methoxy groups -OCH3 is 1.